The van der Waals surface area contributed by atoms with Gasteiger partial charge in [0.2, 0.25) is 5.91 Å². The number of aliphatic carboxylic acids is 1. The van der Waals surface area contributed by atoms with Crippen molar-refractivity contribution < 1.29 is 14.7 Å². The van der Waals surface area contributed by atoms with Crippen molar-refractivity contribution in [1.29, 1.82) is 0 Å². The monoisotopic (exact) mass is 511 g/mol. The first-order chi connectivity index (χ1) is 15.1. The van der Waals surface area contributed by atoms with Gasteiger partial charge in [0.05, 0.1) is 16.9 Å². The summed E-state index contributed by atoms with van der Waals surface area (Å²) in [5, 5.41) is 11.0. The molecule has 0 aliphatic carbocycles. The van der Waals surface area contributed by atoms with Crippen molar-refractivity contribution in [3.63, 3.8) is 0 Å². The lowest BCUT2D eigenvalue weighted by Gasteiger charge is -2.31. The molecule has 166 valence electrons. The summed E-state index contributed by atoms with van der Waals surface area (Å²) >= 11 is 5.06. The second kappa shape index (κ2) is 8.91. The zero-order valence-corrected chi connectivity index (χ0v) is 20.7. The van der Waals surface area contributed by atoms with E-state index in [0.29, 0.717) is 6.54 Å². The molecule has 32 heavy (non-hydrogen) atoms. The maximum absolute atomic E-state index is 13.7. The minimum absolute atomic E-state index is 0.140. The fraction of sp³-hybridized carbons (Fsp3) is 0.308. The molecule has 6 heteroatoms. The number of rotatable bonds is 4. The number of hydrogen-bond donors (Lipinski definition) is 1. The van der Waals surface area contributed by atoms with Crippen LogP contribution in [-0.4, -0.2) is 28.8 Å². The first-order valence-electron chi connectivity index (χ1n) is 10.6. The van der Waals surface area contributed by atoms with Gasteiger partial charge in [-0.25, -0.2) is 0 Å². The van der Waals surface area contributed by atoms with Crippen LogP contribution in [0.1, 0.15) is 43.6 Å². The van der Waals surface area contributed by atoms with Gasteiger partial charge >= 0.3 is 5.97 Å². The third kappa shape index (κ3) is 4.71. The molecule has 4 rings (SSSR count). The van der Waals surface area contributed by atoms with Crippen molar-refractivity contribution in [3.8, 4) is 0 Å². The van der Waals surface area contributed by atoms with Crippen LogP contribution in [0.4, 0.5) is 5.69 Å². The van der Waals surface area contributed by atoms with E-state index in [-0.39, 0.29) is 23.0 Å². The molecule has 0 saturated carbocycles. The zero-order valence-electron chi connectivity index (χ0n) is 18.3. The van der Waals surface area contributed by atoms with Crippen LogP contribution in [-0.2, 0) is 9.59 Å². The highest BCUT2D eigenvalue weighted by molar-refractivity contribution is 9.10. The fourth-order valence-corrected chi connectivity index (χ4v) is 6.10. The summed E-state index contributed by atoms with van der Waals surface area (Å²) in [4.78, 5) is 27.2. The number of anilines is 1. The summed E-state index contributed by atoms with van der Waals surface area (Å²) in [6.07, 6.45) is -0.208. The fourth-order valence-electron chi connectivity index (χ4n) is 4.22. The lowest BCUT2D eigenvalue weighted by atomic mass is 9.93. The molecular weight excluding hydrogens is 486 g/mol. The van der Waals surface area contributed by atoms with Gasteiger partial charge in [-0.2, -0.15) is 0 Å². The number of hydrogen-bond acceptors (Lipinski definition) is 3. The summed E-state index contributed by atoms with van der Waals surface area (Å²) < 4.78 is 0.932. The Balaban J connectivity index is 1.96. The van der Waals surface area contributed by atoms with Crippen LogP contribution in [0.2, 0.25) is 0 Å². The number of carboxylic acid groups (broad SMARTS) is 1. The molecule has 3 aromatic rings. The van der Waals surface area contributed by atoms with E-state index in [9.17, 15) is 14.7 Å². The van der Waals surface area contributed by atoms with Gasteiger partial charge in [-0.1, -0.05) is 79.2 Å². The Morgan fingerprint density at radius 2 is 1.78 bits per heavy atom. The van der Waals surface area contributed by atoms with E-state index in [2.05, 4.69) is 67.0 Å². The zero-order chi connectivity index (χ0) is 23.0. The summed E-state index contributed by atoms with van der Waals surface area (Å²) in [6, 6.07) is 20.4. The SMILES string of the molecule is CC(C)(C)CN1C(=O)C(CC(=O)O)SC(c2cccc3ccccc23)c2cc(Br)ccc21. The number of thioether (sulfide) groups is 1. The highest BCUT2D eigenvalue weighted by Crippen LogP contribution is 2.49. The molecule has 0 saturated heterocycles. The van der Waals surface area contributed by atoms with Crippen LogP contribution in [0.3, 0.4) is 0 Å². The lowest BCUT2D eigenvalue weighted by Crippen LogP contribution is -2.42. The van der Waals surface area contributed by atoms with Crippen molar-refractivity contribution in [2.24, 2.45) is 5.41 Å². The average Bonchev–Trinajstić information content (AvgIpc) is 2.82. The van der Waals surface area contributed by atoms with Gasteiger partial charge in [-0.3, -0.25) is 9.59 Å². The molecule has 1 heterocycles. The van der Waals surface area contributed by atoms with Gasteiger partial charge in [0.15, 0.2) is 0 Å². The average molecular weight is 512 g/mol. The largest absolute Gasteiger partial charge is 0.481 e. The van der Waals surface area contributed by atoms with E-state index in [0.717, 1.165) is 32.1 Å². The molecule has 4 nitrogen and oxygen atoms in total. The molecule has 2 unspecified atom stereocenters. The Morgan fingerprint density at radius 1 is 1.06 bits per heavy atom. The molecule has 0 radical (unpaired) electrons. The lowest BCUT2D eigenvalue weighted by molar-refractivity contribution is -0.138. The Bertz CT molecular complexity index is 1180. The van der Waals surface area contributed by atoms with Crippen LogP contribution in [0.5, 0.6) is 0 Å². The predicted octanol–water partition coefficient (Wildman–Crippen LogP) is 6.66. The van der Waals surface area contributed by atoms with Crippen LogP contribution >= 0.6 is 27.7 Å². The quantitative estimate of drug-likeness (QED) is 0.425. The van der Waals surface area contributed by atoms with Gasteiger partial charge in [0.25, 0.3) is 0 Å². The highest BCUT2D eigenvalue weighted by Gasteiger charge is 2.39. The summed E-state index contributed by atoms with van der Waals surface area (Å²) in [5.41, 5.74) is 2.82. The minimum Gasteiger partial charge on any atom is -0.481 e. The van der Waals surface area contributed by atoms with Gasteiger partial charge < -0.3 is 10.0 Å². The maximum atomic E-state index is 13.7. The van der Waals surface area contributed by atoms with E-state index in [1.54, 1.807) is 4.90 Å². The number of nitrogens with zero attached hydrogens (tertiary/aromatic N) is 1. The second-order valence-corrected chi connectivity index (χ2v) is 11.6. The number of carbonyl (C=O) groups excluding carboxylic acids is 1. The molecule has 0 aromatic heterocycles. The molecule has 1 aliphatic rings. The third-order valence-corrected chi connectivity index (χ3v) is 7.47. The van der Waals surface area contributed by atoms with Crippen LogP contribution in [0, 0.1) is 5.41 Å². The smallest absolute Gasteiger partial charge is 0.305 e. The van der Waals surface area contributed by atoms with Crippen LogP contribution in [0.15, 0.2) is 65.1 Å². The molecular formula is C26H26BrNO3S. The minimum atomic E-state index is -0.963. The molecule has 1 N–H and O–H groups in total. The van der Waals surface area contributed by atoms with Crippen LogP contribution in [0.25, 0.3) is 10.8 Å². The molecule has 0 spiro atoms. The molecule has 1 aliphatic heterocycles. The summed E-state index contributed by atoms with van der Waals surface area (Å²) in [7, 11) is 0. The normalized spacial score (nSPS) is 19.0. The van der Waals surface area contributed by atoms with Crippen LogP contribution < -0.4 is 4.90 Å². The number of amides is 1. The number of halogens is 1. The predicted molar refractivity (Wildman–Crippen MR) is 135 cm³/mol. The van der Waals surface area contributed by atoms with Gasteiger partial charge in [-0.15, -0.1) is 11.8 Å². The van der Waals surface area contributed by atoms with Crippen molar-refractivity contribution in [3.05, 3.63) is 76.3 Å². The molecule has 0 bridgehead atoms. The summed E-state index contributed by atoms with van der Waals surface area (Å²) in [5.74, 6) is -1.10. The van der Waals surface area contributed by atoms with E-state index < -0.39 is 11.2 Å². The van der Waals surface area contributed by atoms with Crippen molar-refractivity contribution >= 4 is 56.0 Å². The first kappa shape index (κ1) is 22.9. The van der Waals surface area contributed by atoms with Gasteiger partial charge in [0.1, 0.15) is 0 Å². The van der Waals surface area contributed by atoms with Gasteiger partial charge in [-0.05, 0) is 45.5 Å². The Kier molecular flexibility index (Phi) is 6.37. The van der Waals surface area contributed by atoms with Crippen molar-refractivity contribution in [2.45, 2.75) is 37.7 Å². The molecule has 0 fully saturated rings. The third-order valence-electron chi connectivity index (χ3n) is 5.50. The van der Waals surface area contributed by atoms with Crippen molar-refractivity contribution in [2.75, 3.05) is 11.4 Å². The Morgan fingerprint density at radius 3 is 2.50 bits per heavy atom. The molecule has 3 aromatic carbocycles. The summed E-state index contributed by atoms with van der Waals surface area (Å²) in [6.45, 7) is 6.78. The highest BCUT2D eigenvalue weighted by atomic mass is 79.9. The molecule has 2 atom stereocenters. The van der Waals surface area contributed by atoms with Crippen molar-refractivity contribution in [1.82, 2.24) is 0 Å². The number of fused-ring (bicyclic) bond motifs is 2. The van der Waals surface area contributed by atoms with Gasteiger partial charge in [0, 0.05) is 16.7 Å². The number of carbonyl (C=O) groups is 2. The topological polar surface area (TPSA) is 57.6 Å². The van der Waals surface area contributed by atoms with E-state index in [4.69, 9.17) is 0 Å². The number of carboxylic acids is 1. The maximum Gasteiger partial charge on any atom is 0.305 e. The van der Waals surface area contributed by atoms with E-state index in [1.807, 2.05) is 30.3 Å². The standard InChI is InChI=1S/C26H26BrNO3S/c1-26(2,3)15-28-21-12-11-17(27)13-20(21)24(32-22(25(28)31)14-23(29)30)19-10-6-8-16-7-4-5-9-18(16)19/h4-13,22,24H,14-15H2,1-3H3,(H,29,30). The molecule has 1 amide bonds. The van der Waals surface area contributed by atoms with E-state index in [1.165, 1.54) is 11.8 Å². The number of benzene rings is 3. The van der Waals surface area contributed by atoms with E-state index >= 15 is 0 Å². The Hall–Kier alpha value is -2.31. The Labute approximate surface area is 201 Å². The first-order valence-corrected chi connectivity index (χ1v) is 12.3. The second-order valence-electron chi connectivity index (χ2n) is 9.36.